The Kier molecular flexibility index (Phi) is 4.26. The summed E-state index contributed by atoms with van der Waals surface area (Å²) in [6, 6.07) is 1.27. The molecule has 8 heteroatoms. The van der Waals surface area contributed by atoms with E-state index in [1.807, 2.05) is 6.92 Å². The lowest BCUT2D eigenvalue weighted by Gasteiger charge is -2.18. The third-order valence-electron chi connectivity index (χ3n) is 3.12. The summed E-state index contributed by atoms with van der Waals surface area (Å²) in [6.07, 6.45) is -3.23. The molecule has 1 atom stereocenters. The molecule has 0 aliphatic heterocycles. The second-order valence-electron chi connectivity index (χ2n) is 4.53. The molecule has 114 valence electrons. The Hall–Kier alpha value is -1.96. The van der Waals surface area contributed by atoms with Crippen LogP contribution in [0.3, 0.4) is 0 Å². The van der Waals surface area contributed by atoms with Crippen LogP contribution in [0, 0.1) is 5.82 Å². The number of halogens is 4. The van der Waals surface area contributed by atoms with Crippen molar-refractivity contribution in [3.8, 4) is 0 Å². The summed E-state index contributed by atoms with van der Waals surface area (Å²) in [6.45, 7) is 2.35. The maximum absolute atomic E-state index is 13.3. The normalized spacial score (nSPS) is 13.4. The number of aryl methyl sites for hydroxylation is 1. The second-order valence-corrected chi connectivity index (χ2v) is 4.53. The van der Waals surface area contributed by atoms with E-state index >= 15 is 0 Å². The second kappa shape index (κ2) is 5.80. The number of benzene rings is 1. The Morgan fingerprint density at radius 1 is 1.33 bits per heavy atom. The largest absolute Gasteiger partial charge is 0.416 e. The van der Waals surface area contributed by atoms with E-state index in [4.69, 9.17) is 5.73 Å². The SMILES string of the molecule is CCn1ncnc1CC(N)c1cc(F)ccc1C(F)(F)F. The number of rotatable bonds is 4. The lowest BCUT2D eigenvalue weighted by molar-refractivity contribution is -0.138. The highest BCUT2D eigenvalue weighted by atomic mass is 19.4. The average molecular weight is 302 g/mol. The van der Waals surface area contributed by atoms with E-state index in [2.05, 4.69) is 10.1 Å². The van der Waals surface area contributed by atoms with Crippen molar-refractivity contribution in [2.75, 3.05) is 0 Å². The van der Waals surface area contributed by atoms with Crippen LogP contribution in [0.5, 0.6) is 0 Å². The van der Waals surface area contributed by atoms with Crippen molar-refractivity contribution < 1.29 is 17.6 Å². The Morgan fingerprint density at radius 2 is 2.05 bits per heavy atom. The van der Waals surface area contributed by atoms with Crippen LogP contribution in [0.25, 0.3) is 0 Å². The number of nitrogens with two attached hydrogens (primary N) is 1. The van der Waals surface area contributed by atoms with Crippen LogP contribution >= 0.6 is 0 Å². The molecule has 1 heterocycles. The van der Waals surface area contributed by atoms with E-state index in [1.165, 1.54) is 11.0 Å². The van der Waals surface area contributed by atoms with E-state index < -0.39 is 23.6 Å². The van der Waals surface area contributed by atoms with E-state index in [0.717, 1.165) is 12.1 Å². The maximum Gasteiger partial charge on any atom is 0.416 e. The van der Waals surface area contributed by atoms with Crippen molar-refractivity contribution in [1.29, 1.82) is 0 Å². The zero-order chi connectivity index (χ0) is 15.6. The number of hydrogen-bond acceptors (Lipinski definition) is 3. The predicted octanol–water partition coefficient (Wildman–Crippen LogP) is 2.70. The van der Waals surface area contributed by atoms with Crippen molar-refractivity contribution in [3.63, 3.8) is 0 Å². The van der Waals surface area contributed by atoms with Crippen LogP contribution < -0.4 is 5.73 Å². The molecule has 0 saturated heterocycles. The van der Waals surface area contributed by atoms with Crippen LogP contribution in [-0.4, -0.2) is 14.8 Å². The van der Waals surface area contributed by atoms with Crippen LogP contribution in [-0.2, 0) is 19.1 Å². The number of aromatic nitrogens is 3. The summed E-state index contributed by atoms with van der Waals surface area (Å²) in [7, 11) is 0. The minimum atomic E-state index is -4.58. The summed E-state index contributed by atoms with van der Waals surface area (Å²) < 4.78 is 53.7. The fourth-order valence-corrected chi connectivity index (χ4v) is 2.12. The topological polar surface area (TPSA) is 56.7 Å². The predicted molar refractivity (Wildman–Crippen MR) is 67.7 cm³/mol. The highest BCUT2D eigenvalue weighted by Gasteiger charge is 2.35. The third kappa shape index (κ3) is 3.38. The Bertz CT molecular complexity index is 621. The van der Waals surface area contributed by atoms with Gasteiger partial charge in [0.05, 0.1) is 5.56 Å². The van der Waals surface area contributed by atoms with Gasteiger partial charge in [0, 0.05) is 19.0 Å². The monoisotopic (exact) mass is 302 g/mol. The Morgan fingerprint density at radius 3 is 2.67 bits per heavy atom. The lowest BCUT2D eigenvalue weighted by Crippen LogP contribution is -2.21. The summed E-state index contributed by atoms with van der Waals surface area (Å²) >= 11 is 0. The molecule has 2 rings (SSSR count). The van der Waals surface area contributed by atoms with Gasteiger partial charge in [0.2, 0.25) is 0 Å². The quantitative estimate of drug-likeness (QED) is 0.883. The first-order valence-corrected chi connectivity index (χ1v) is 6.31. The van der Waals surface area contributed by atoms with Gasteiger partial charge in [0.1, 0.15) is 18.0 Å². The first kappa shape index (κ1) is 15.4. The molecule has 0 aliphatic carbocycles. The lowest BCUT2D eigenvalue weighted by atomic mass is 9.97. The summed E-state index contributed by atoms with van der Waals surface area (Å²) in [4.78, 5) is 3.96. The van der Waals surface area contributed by atoms with Gasteiger partial charge >= 0.3 is 6.18 Å². The van der Waals surface area contributed by atoms with Gasteiger partial charge in [0.15, 0.2) is 0 Å². The van der Waals surface area contributed by atoms with Crippen molar-refractivity contribution in [3.05, 3.63) is 47.3 Å². The average Bonchev–Trinajstić information content (AvgIpc) is 2.84. The molecule has 1 unspecified atom stereocenters. The molecule has 0 radical (unpaired) electrons. The Balaban J connectivity index is 2.34. The van der Waals surface area contributed by atoms with Crippen LogP contribution in [0.1, 0.15) is 29.9 Å². The van der Waals surface area contributed by atoms with Crippen molar-refractivity contribution in [2.24, 2.45) is 5.73 Å². The molecule has 0 saturated carbocycles. The molecule has 0 amide bonds. The molecule has 1 aromatic carbocycles. The number of nitrogens with zero attached hydrogens (tertiary/aromatic N) is 3. The maximum atomic E-state index is 13.3. The Labute approximate surface area is 118 Å². The molecule has 0 aliphatic rings. The van der Waals surface area contributed by atoms with E-state index in [-0.39, 0.29) is 12.0 Å². The van der Waals surface area contributed by atoms with Crippen LogP contribution in [0.4, 0.5) is 17.6 Å². The van der Waals surface area contributed by atoms with Gasteiger partial charge in [-0.15, -0.1) is 0 Å². The standard InChI is InChI=1S/C13H14F4N4/c1-2-21-12(19-7-20-21)6-11(18)9-5-8(14)3-4-10(9)13(15,16)17/h3-5,7,11H,2,6,18H2,1H3. The van der Waals surface area contributed by atoms with Gasteiger partial charge in [-0.25, -0.2) is 9.37 Å². The third-order valence-corrected chi connectivity index (χ3v) is 3.12. The van der Waals surface area contributed by atoms with Gasteiger partial charge in [0.25, 0.3) is 0 Å². The molecule has 2 aromatic rings. The number of alkyl halides is 3. The minimum absolute atomic E-state index is 0.0420. The fraction of sp³-hybridized carbons (Fsp3) is 0.385. The minimum Gasteiger partial charge on any atom is -0.324 e. The van der Waals surface area contributed by atoms with Crippen molar-refractivity contribution >= 4 is 0 Å². The molecule has 2 N–H and O–H groups in total. The van der Waals surface area contributed by atoms with Crippen LogP contribution in [0.2, 0.25) is 0 Å². The fourth-order valence-electron chi connectivity index (χ4n) is 2.12. The first-order valence-electron chi connectivity index (χ1n) is 6.31. The molecule has 4 nitrogen and oxygen atoms in total. The number of hydrogen-bond donors (Lipinski definition) is 1. The smallest absolute Gasteiger partial charge is 0.324 e. The molecule has 0 spiro atoms. The van der Waals surface area contributed by atoms with Gasteiger partial charge in [-0.2, -0.15) is 18.3 Å². The summed E-state index contributed by atoms with van der Waals surface area (Å²) in [5.74, 6) is -0.298. The van der Waals surface area contributed by atoms with Gasteiger partial charge in [-0.05, 0) is 30.7 Å². The molecule has 21 heavy (non-hydrogen) atoms. The molecule has 0 bridgehead atoms. The van der Waals surface area contributed by atoms with Gasteiger partial charge in [-0.1, -0.05) is 0 Å². The molecule has 1 aromatic heterocycles. The zero-order valence-electron chi connectivity index (χ0n) is 11.2. The van der Waals surface area contributed by atoms with Crippen LogP contribution in [0.15, 0.2) is 24.5 Å². The van der Waals surface area contributed by atoms with Gasteiger partial charge < -0.3 is 5.73 Å². The van der Waals surface area contributed by atoms with E-state index in [1.54, 1.807) is 0 Å². The molecule has 0 fully saturated rings. The van der Waals surface area contributed by atoms with Crippen molar-refractivity contribution in [1.82, 2.24) is 14.8 Å². The molecular weight excluding hydrogens is 288 g/mol. The van der Waals surface area contributed by atoms with Gasteiger partial charge in [-0.3, -0.25) is 4.68 Å². The highest BCUT2D eigenvalue weighted by molar-refractivity contribution is 5.33. The summed E-state index contributed by atoms with van der Waals surface area (Å²) in [5, 5.41) is 3.92. The van der Waals surface area contributed by atoms with E-state index in [0.29, 0.717) is 18.4 Å². The van der Waals surface area contributed by atoms with Crippen molar-refractivity contribution in [2.45, 2.75) is 32.1 Å². The first-order chi connectivity index (χ1) is 9.82. The molecular formula is C13H14F4N4. The van der Waals surface area contributed by atoms with E-state index in [9.17, 15) is 17.6 Å². The highest BCUT2D eigenvalue weighted by Crippen LogP contribution is 2.35. The zero-order valence-corrected chi connectivity index (χ0v) is 11.2. The summed E-state index contributed by atoms with van der Waals surface area (Å²) in [5.41, 5.74) is 4.61.